The van der Waals surface area contributed by atoms with Gasteiger partial charge in [0.1, 0.15) is 0 Å². The summed E-state index contributed by atoms with van der Waals surface area (Å²) in [7, 11) is 0. The first-order chi connectivity index (χ1) is 13.9. The Labute approximate surface area is 171 Å². The van der Waals surface area contributed by atoms with Gasteiger partial charge in [-0.2, -0.15) is 0 Å². The molecule has 1 amide bonds. The van der Waals surface area contributed by atoms with Crippen molar-refractivity contribution in [3.8, 4) is 0 Å². The molecule has 0 N–H and O–H groups in total. The minimum Gasteiger partial charge on any atom is -0.449 e. The minimum absolute atomic E-state index is 0.124. The largest absolute Gasteiger partial charge is 0.449 e. The molecule has 0 spiro atoms. The Morgan fingerprint density at radius 2 is 1.45 bits per heavy atom. The Bertz CT molecular complexity index is 883. The summed E-state index contributed by atoms with van der Waals surface area (Å²) in [4.78, 5) is 40.4. The standard InChI is InChI=1S/C24H27NO4/c1-16-10-9-11-17(2)25(16)23(27)18(3)29-24(28)21-15-8-7-14-20(21)22(26)19-12-5-4-6-13-19/h4-8,12-18H,9-11H2,1-3H3/t16-,17-,18+/m0/s1. The van der Waals surface area contributed by atoms with Gasteiger partial charge in [0.2, 0.25) is 0 Å². The van der Waals surface area contributed by atoms with Crippen LogP contribution in [0.4, 0.5) is 0 Å². The molecule has 5 heteroatoms. The van der Waals surface area contributed by atoms with E-state index in [0.717, 1.165) is 19.3 Å². The zero-order chi connectivity index (χ0) is 21.0. The van der Waals surface area contributed by atoms with Crippen molar-refractivity contribution in [2.24, 2.45) is 0 Å². The lowest BCUT2D eigenvalue weighted by molar-refractivity contribution is -0.146. The van der Waals surface area contributed by atoms with Crippen molar-refractivity contribution < 1.29 is 19.1 Å². The van der Waals surface area contributed by atoms with E-state index in [9.17, 15) is 14.4 Å². The highest BCUT2D eigenvalue weighted by Crippen LogP contribution is 2.24. The summed E-state index contributed by atoms with van der Waals surface area (Å²) < 4.78 is 5.49. The van der Waals surface area contributed by atoms with Crippen molar-refractivity contribution in [3.63, 3.8) is 0 Å². The Morgan fingerprint density at radius 1 is 0.897 bits per heavy atom. The maximum Gasteiger partial charge on any atom is 0.339 e. The molecular formula is C24H27NO4. The monoisotopic (exact) mass is 393 g/mol. The van der Waals surface area contributed by atoms with Crippen LogP contribution in [0.1, 0.15) is 66.3 Å². The highest BCUT2D eigenvalue weighted by molar-refractivity contribution is 6.14. The van der Waals surface area contributed by atoms with E-state index in [1.54, 1.807) is 55.5 Å². The third-order valence-corrected chi connectivity index (χ3v) is 5.51. The van der Waals surface area contributed by atoms with Crippen molar-refractivity contribution in [3.05, 3.63) is 71.3 Å². The number of hydrogen-bond donors (Lipinski definition) is 0. The molecule has 0 unspecified atom stereocenters. The zero-order valence-corrected chi connectivity index (χ0v) is 17.1. The fourth-order valence-electron chi connectivity index (χ4n) is 3.94. The summed E-state index contributed by atoms with van der Waals surface area (Å²) in [6.07, 6.45) is 2.08. The average molecular weight is 393 g/mol. The topological polar surface area (TPSA) is 63.7 Å². The van der Waals surface area contributed by atoms with Gasteiger partial charge in [-0.25, -0.2) is 4.79 Å². The third-order valence-electron chi connectivity index (χ3n) is 5.51. The lowest BCUT2D eigenvalue weighted by Crippen LogP contribution is -2.51. The number of hydrogen-bond acceptors (Lipinski definition) is 4. The van der Waals surface area contributed by atoms with E-state index in [2.05, 4.69) is 0 Å². The maximum atomic E-state index is 12.9. The molecule has 1 aliphatic heterocycles. The van der Waals surface area contributed by atoms with Gasteiger partial charge in [0.25, 0.3) is 5.91 Å². The Hall–Kier alpha value is -2.95. The molecule has 1 saturated heterocycles. The first-order valence-electron chi connectivity index (χ1n) is 10.1. The first kappa shape index (κ1) is 20.8. The zero-order valence-electron chi connectivity index (χ0n) is 17.1. The van der Waals surface area contributed by atoms with Crippen molar-refractivity contribution in [2.45, 2.75) is 58.2 Å². The molecule has 5 nitrogen and oxygen atoms in total. The number of ether oxygens (including phenoxy) is 1. The van der Waals surface area contributed by atoms with Crippen molar-refractivity contribution in [2.75, 3.05) is 0 Å². The van der Waals surface area contributed by atoms with Gasteiger partial charge in [-0.1, -0.05) is 48.5 Å². The fourth-order valence-corrected chi connectivity index (χ4v) is 3.94. The molecule has 0 radical (unpaired) electrons. The molecule has 1 heterocycles. The van der Waals surface area contributed by atoms with Gasteiger partial charge < -0.3 is 9.64 Å². The number of carbonyl (C=O) groups is 3. The lowest BCUT2D eigenvalue weighted by atomic mass is 9.97. The predicted octanol–water partition coefficient (Wildman–Crippen LogP) is 4.25. The summed E-state index contributed by atoms with van der Waals surface area (Å²) in [5.74, 6) is -1.11. The van der Waals surface area contributed by atoms with Gasteiger partial charge in [0.05, 0.1) is 5.56 Å². The van der Waals surface area contributed by atoms with Crippen LogP contribution in [0.15, 0.2) is 54.6 Å². The molecule has 2 aromatic rings. The molecule has 152 valence electrons. The highest BCUT2D eigenvalue weighted by Gasteiger charge is 2.33. The summed E-state index contributed by atoms with van der Waals surface area (Å²) in [6.45, 7) is 5.64. The molecule has 3 atom stereocenters. The van der Waals surface area contributed by atoms with E-state index in [0.29, 0.717) is 5.56 Å². The lowest BCUT2D eigenvalue weighted by Gasteiger charge is -2.40. The Kier molecular flexibility index (Phi) is 6.47. The van der Waals surface area contributed by atoms with E-state index in [1.165, 1.54) is 0 Å². The summed E-state index contributed by atoms with van der Waals surface area (Å²) >= 11 is 0. The quantitative estimate of drug-likeness (QED) is 0.563. The molecule has 29 heavy (non-hydrogen) atoms. The average Bonchev–Trinajstić information content (AvgIpc) is 2.73. The second-order valence-electron chi connectivity index (χ2n) is 7.66. The number of nitrogens with zero attached hydrogens (tertiary/aromatic N) is 1. The van der Waals surface area contributed by atoms with E-state index >= 15 is 0 Å². The number of likely N-dealkylation sites (tertiary alicyclic amines) is 1. The van der Waals surface area contributed by atoms with Crippen LogP contribution in [0.5, 0.6) is 0 Å². The summed E-state index contributed by atoms with van der Waals surface area (Å²) in [6, 6.07) is 15.6. The van der Waals surface area contributed by atoms with E-state index < -0.39 is 12.1 Å². The van der Waals surface area contributed by atoms with E-state index in [-0.39, 0.29) is 34.9 Å². The molecule has 2 aromatic carbocycles. The number of piperidine rings is 1. The molecule has 3 rings (SSSR count). The second-order valence-corrected chi connectivity index (χ2v) is 7.66. The Morgan fingerprint density at radius 3 is 2.07 bits per heavy atom. The van der Waals surface area contributed by atoms with Crippen molar-refractivity contribution >= 4 is 17.7 Å². The number of amides is 1. The number of carbonyl (C=O) groups excluding carboxylic acids is 3. The minimum atomic E-state index is -0.912. The van der Waals surface area contributed by atoms with Gasteiger partial charge >= 0.3 is 5.97 Å². The van der Waals surface area contributed by atoms with Crippen LogP contribution < -0.4 is 0 Å². The van der Waals surface area contributed by atoms with Gasteiger partial charge in [0.15, 0.2) is 11.9 Å². The van der Waals surface area contributed by atoms with Crippen LogP contribution >= 0.6 is 0 Å². The molecule has 0 aromatic heterocycles. The maximum absolute atomic E-state index is 12.9. The van der Waals surface area contributed by atoms with Gasteiger partial charge in [-0.3, -0.25) is 9.59 Å². The van der Waals surface area contributed by atoms with Gasteiger partial charge in [0, 0.05) is 23.2 Å². The highest BCUT2D eigenvalue weighted by atomic mass is 16.5. The molecule has 1 fully saturated rings. The van der Waals surface area contributed by atoms with Gasteiger partial charge in [-0.15, -0.1) is 0 Å². The Balaban J connectivity index is 1.77. The van der Waals surface area contributed by atoms with Crippen LogP contribution in [0, 0.1) is 0 Å². The number of rotatable bonds is 5. The van der Waals surface area contributed by atoms with E-state index in [1.807, 2.05) is 24.8 Å². The predicted molar refractivity (Wildman–Crippen MR) is 111 cm³/mol. The van der Waals surface area contributed by atoms with Crippen LogP contribution in [0.2, 0.25) is 0 Å². The molecule has 1 aliphatic rings. The first-order valence-corrected chi connectivity index (χ1v) is 10.1. The van der Waals surface area contributed by atoms with Crippen molar-refractivity contribution in [1.29, 1.82) is 0 Å². The number of esters is 1. The SMILES string of the molecule is C[C@@H](OC(=O)c1ccccc1C(=O)c1ccccc1)C(=O)N1[C@@H](C)CCC[C@@H]1C. The summed E-state index contributed by atoms with van der Waals surface area (Å²) in [5.41, 5.74) is 0.927. The van der Waals surface area contributed by atoms with Crippen LogP contribution in [0.25, 0.3) is 0 Å². The molecule has 0 bridgehead atoms. The smallest absolute Gasteiger partial charge is 0.339 e. The molecule has 0 saturated carbocycles. The van der Waals surface area contributed by atoms with Crippen LogP contribution in [-0.4, -0.2) is 40.7 Å². The molecule has 0 aliphatic carbocycles. The van der Waals surface area contributed by atoms with Crippen LogP contribution in [0.3, 0.4) is 0 Å². The normalized spacial score (nSPS) is 20.0. The van der Waals surface area contributed by atoms with Crippen LogP contribution in [-0.2, 0) is 9.53 Å². The third kappa shape index (κ3) is 4.56. The van der Waals surface area contributed by atoms with Gasteiger partial charge in [-0.05, 0) is 46.1 Å². The second kappa shape index (κ2) is 9.03. The van der Waals surface area contributed by atoms with Crippen molar-refractivity contribution in [1.82, 2.24) is 4.90 Å². The number of ketones is 1. The molecular weight excluding hydrogens is 366 g/mol. The fraction of sp³-hybridized carbons (Fsp3) is 0.375. The summed E-state index contributed by atoms with van der Waals surface area (Å²) in [5, 5.41) is 0. The number of benzene rings is 2. The van der Waals surface area contributed by atoms with E-state index in [4.69, 9.17) is 4.74 Å².